The van der Waals surface area contributed by atoms with Crippen molar-refractivity contribution in [2.75, 3.05) is 13.1 Å². The van der Waals surface area contributed by atoms with Crippen LogP contribution in [0, 0.1) is 6.92 Å². The molecular formula is C16H21N5O3. The number of carboxylic acid groups (broad SMARTS) is 1. The average Bonchev–Trinajstić information content (AvgIpc) is 3.24. The zero-order valence-electron chi connectivity index (χ0n) is 13.6. The number of aliphatic carboxylic acids is 1. The van der Waals surface area contributed by atoms with Gasteiger partial charge in [-0.15, -0.1) is 0 Å². The van der Waals surface area contributed by atoms with Crippen molar-refractivity contribution in [1.29, 1.82) is 0 Å². The Kier molecular flexibility index (Phi) is 4.37. The first kappa shape index (κ1) is 16.2. The van der Waals surface area contributed by atoms with Gasteiger partial charge in [-0.25, -0.2) is 9.78 Å². The molecule has 128 valence electrons. The van der Waals surface area contributed by atoms with Crippen LogP contribution in [0.4, 0.5) is 0 Å². The fraction of sp³-hybridized carbons (Fsp3) is 0.500. The highest BCUT2D eigenvalue weighted by Gasteiger charge is 2.43. The minimum atomic E-state index is -1.01. The molecule has 1 amide bonds. The quantitative estimate of drug-likeness (QED) is 0.878. The van der Waals surface area contributed by atoms with Crippen LogP contribution in [-0.2, 0) is 21.7 Å². The van der Waals surface area contributed by atoms with Gasteiger partial charge in [-0.1, -0.05) is 0 Å². The molecule has 8 nitrogen and oxygen atoms in total. The SMILES string of the molecule is Cc1ccn(CCC(=O)N2CCC(C(=O)O)(n3ccnc3)CC2)n1. The van der Waals surface area contributed by atoms with Crippen LogP contribution >= 0.6 is 0 Å². The summed E-state index contributed by atoms with van der Waals surface area (Å²) >= 11 is 0. The van der Waals surface area contributed by atoms with Crippen LogP contribution < -0.4 is 0 Å². The topological polar surface area (TPSA) is 93.2 Å². The maximum atomic E-state index is 12.4. The Bertz CT molecular complexity index is 714. The number of carbonyl (C=O) groups is 2. The van der Waals surface area contributed by atoms with Gasteiger partial charge in [0, 0.05) is 44.6 Å². The van der Waals surface area contributed by atoms with Gasteiger partial charge in [-0.05, 0) is 25.8 Å². The maximum absolute atomic E-state index is 12.4. The van der Waals surface area contributed by atoms with Crippen LogP contribution in [0.15, 0.2) is 31.0 Å². The van der Waals surface area contributed by atoms with E-state index in [0.29, 0.717) is 38.9 Å². The second-order valence-corrected chi connectivity index (χ2v) is 6.16. The van der Waals surface area contributed by atoms with Crippen molar-refractivity contribution in [2.45, 2.75) is 38.3 Å². The van der Waals surface area contributed by atoms with E-state index in [4.69, 9.17) is 0 Å². The third-order valence-corrected chi connectivity index (χ3v) is 4.67. The number of amides is 1. The number of hydrogen-bond donors (Lipinski definition) is 1. The Balaban J connectivity index is 1.59. The van der Waals surface area contributed by atoms with Crippen molar-refractivity contribution < 1.29 is 14.7 Å². The molecule has 0 aliphatic carbocycles. The Hall–Kier alpha value is -2.64. The number of nitrogens with zero attached hydrogens (tertiary/aromatic N) is 5. The van der Waals surface area contributed by atoms with Crippen LogP contribution in [-0.4, -0.2) is 54.3 Å². The van der Waals surface area contributed by atoms with Crippen molar-refractivity contribution in [3.63, 3.8) is 0 Å². The Morgan fingerprint density at radius 1 is 1.29 bits per heavy atom. The first-order chi connectivity index (χ1) is 11.5. The van der Waals surface area contributed by atoms with Gasteiger partial charge in [-0.2, -0.15) is 5.10 Å². The van der Waals surface area contributed by atoms with Crippen molar-refractivity contribution in [2.24, 2.45) is 0 Å². The summed E-state index contributed by atoms with van der Waals surface area (Å²) < 4.78 is 3.40. The van der Waals surface area contributed by atoms with Crippen molar-refractivity contribution >= 4 is 11.9 Å². The lowest BCUT2D eigenvalue weighted by Gasteiger charge is -2.39. The standard InChI is InChI=1S/C16H21N5O3/c1-13-2-7-21(18-13)8-3-14(22)19-9-4-16(5-10-19,15(23)24)20-11-6-17-12-20/h2,6-7,11-12H,3-5,8-10H2,1H3,(H,23,24). The molecule has 2 aromatic rings. The third kappa shape index (κ3) is 3.04. The smallest absolute Gasteiger partial charge is 0.330 e. The molecule has 24 heavy (non-hydrogen) atoms. The molecule has 0 bridgehead atoms. The summed E-state index contributed by atoms with van der Waals surface area (Å²) in [5.41, 5.74) is -0.0844. The monoisotopic (exact) mass is 331 g/mol. The molecule has 0 aromatic carbocycles. The van der Waals surface area contributed by atoms with E-state index in [1.807, 2.05) is 19.2 Å². The predicted octanol–water partition coefficient (Wildman–Crippen LogP) is 0.881. The number of aromatic nitrogens is 4. The molecule has 0 saturated carbocycles. The Morgan fingerprint density at radius 3 is 2.58 bits per heavy atom. The van der Waals surface area contributed by atoms with E-state index >= 15 is 0 Å². The van der Waals surface area contributed by atoms with Gasteiger partial charge in [0.2, 0.25) is 5.91 Å². The summed E-state index contributed by atoms with van der Waals surface area (Å²) in [6.45, 7) is 3.31. The van der Waals surface area contributed by atoms with Crippen molar-refractivity contribution in [3.8, 4) is 0 Å². The molecule has 1 aliphatic heterocycles. The van der Waals surface area contributed by atoms with Gasteiger partial charge in [0.05, 0.1) is 12.0 Å². The molecule has 8 heteroatoms. The van der Waals surface area contributed by atoms with Crippen LogP contribution in [0.2, 0.25) is 0 Å². The van der Waals surface area contributed by atoms with E-state index in [1.165, 1.54) is 6.33 Å². The summed E-state index contributed by atoms with van der Waals surface area (Å²) in [4.78, 5) is 29.9. The molecule has 1 saturated heterocycles. The normalized spacial score (nSPS) is 17.0. The number of piperidine rings is 1. The van der Waals surface area contributed by atoms with E-state index in [2.05, 4.69) is 10.1 Å². The summed E-state index contributed by atoms with van der Waals surface area (Å²) in [5.74, 6) is -0.840. The van der Waals surface area contributed by atoms with E-state index in [0.717, 1.165) is 5.69 Å². The van der Waals surface area contributed by atoms with E-state index < -0.39 is 11.5 Å². The molecule has 2 aromatic heterocycles. The number of likely N-dealkylation sites (tertiary alicyclic amines) is 1. The van der Waals surface area contributed by atoms with Gasteiger partial charge < -0.3 is 14.6 Å². The lowest BCUT2D eigenvalue weighted by Crippen LogP contribution is -2.52. The van der Waals surface area contributed by atoms with Gasteiger partial charge in [-0.3, -0.25) is 9.48 Å². The molecular weight excluding hydrogens is 310 g/mol. The minimum Gasteiger partial charge on any atom is -0.479 e. The number of imidazole rings is 1. The molecule has 0 atom stereocenters. The van der Waals surface area contributed by atoms with Crippen LogP contribution in [0.25, 0.3) is 0 Å². The minimum absolute atomic E-state index is 0.0350. The molecule has 0 unspecified atom stereocenters. The molecule has 1 aliphatic rings. The van der Waals surface area contributed by atoms with Gasteiger partial charge in [0.15, 0.2) is 0 Å². The predicted molar refractivity (Wildman–Crippen MR) is 85.2 cm³/mol. The fourth-order valence-electron chi connectivity index (χ4n) is 3.18. The average molecular weight is 331 g/mol. The third-order valence-electron chi connectivity index (χ3n) is 4.67. The van der Waals surface area contributed by atoms with Gasteiger partial charge in [0.25, 0.3) is 0 Å². The summed E-state index contributed by atoms with van der Waals surface area (Å²) in [7, 11) is 0. The second-order valence-electron chi connectivity index (χ2n) is 6.16. The van der Waals surface area contributed by atoms with E-state index in [-0.39, 0.29) is 5.91 Å². The van der Waals surface area contributed by atoms with Crippen LogP contribution in [0.3, 0.4) is 0 Å². The first-order valence-corrected chi connectivity index (χ1v) is 8.01. The van der Waals surface area contributed by atoms with E-state index in [9.17, 15) is 14.7 Å². The lowest BCUT2D eigenvalue weighted by molar-refractivity contribution is -0.152. The zero-order chi connectivity index (χ0) is 17.2. The number of carbonyl (C=O) groups excluding carboxylic acids is 1. The summed E-state index contributed by atoms with van der Waals surface area (Å²) in [5, 5.41) is 13.9. The Morgan fingerprint density at radius 2 is 2.04 bits per heavy atom. The molecule has 3 rings (SSSR count). The number of aryl methyl sites for hydroxylation is 2. The van der Waals surface area contributed by atoms with Crippen molar-refractivity contribution in [3.05, 3.63) is 36.7 Å². The lowest BCUT2D eigenvalue weighted by atomic mass is 9.87. The summed E-state index contributed by atoms with van der Waals surface area (Å²) in [6.07, 6.45) is 7.77. The molecule has 0 radical (unpaired) electrons. The molecule has 0 spiro atoms. The zero-order valence-corrected chi connectivity index (χ0v) is 13.6. The largest absolute Gasteiger partial charge is 0.479 e. The van der Waals surface area contributed by atoms with E-state index in [1.54, 1.807) is 26.5 Å². The first-order valence-electron chi connectivity index (χ1n) is 8.01. The number of rotatable bonds is 5. The van der Waals surface area contributed by atoms with Crippen molar-refractivity contribution in [1.82, 2.24) is 24.2 Å². The fourth-order valence-corrected chi connectivity index (χ4v) is 3.18. The highest BCUT2D eigenvalue weighted by atomic mass is 16.4. The maximum Gasteiger partial charge on any atom is 0.330 e. The molecule has 1 fully saturated rings. The van der Waals surface area contributed by atoms with Gasteiger partial charge in [0.1, 0.15) is 5.54 Å². The number of hydrogen-bond acceptors (Lipinski definition) is 4. The Labute approximate surface area is 139 Å². The highest BCUT2D eigenvalue weighted by molar-refractivity contribution is 5.79. The van der Waals surface area contributed by atoms with Crippen LogP contribution in [0.5, 0.6) is 0 Å². The highest BCUT2D eigenvalue weighted by Crippen LogP contribution is 2.30. The van der Waals surface area contributed by atoms with Crippen LogP contribution in [0.1, 0.15) is 25.0 Å². The summed E-state index contributed by atoms with van der Waals surface area (Å²) in [6, 6.07) is 1.90. The second kappa shape index (κ2) is 6.46. The molecule has 1 N–H and O–H groups in total. The molecule has 3 heterocycles. The number of carboxylic acids is 1. The van der Waals surface area contributed by atoms with Gasteiger partial charge >= 0.3 is 5.97 Å².